The van der Waals surface area contributed by atoms with Gasteiger partial charge in [-0.3, -0.25) is 4.90 Å². The number of methoxy groups -OCH3 is 3. The highest BCUT2D eigenvalue weighted by Crippen LogP contribution is 2.42. The zero-order valence-corrected chi connectivity index (χ0v) is 27.0. The molecule has 6 rings (SSSR count). The van der Waals surface area contributed by atoms with Gasteiger partial charge in [-0.2, -0.15) is 4.80 Å². The molecule has 1 saturated carbocycles. The lowest BCUT2D eigenvalue weighted by molar-refractivity contribution is -0.146. The van der Waals surface area contributed by atoms with E-state index in [-0.39, 0.29) is 17.9 Å². The van der Waals surface area contributed by atoms with Gasteiger partial charge in [0, 0.05) is 6.54 Å². The van der Waals surface area contributed by atoms with Crippen molar-refractivity contribution in [2.45, 2.75) is 43.9 Å². The highest BCUT2D eigenvalue weighted by atomic mass is 35.5. The van der Waals surface area contributed by atoms with Crippen molar-refractivity contribution >= 4 is 23.7 Å². The van der Waals surface area contributed by atoms with Crippen LogP contribution in [0.4, 0.5) is 4.79 Å². The van der Waals surface area contributed by atoms with Crippen LogP contribution < -0.4 is 14.2 Å². The van der Waals surface area contributed by atoms with E-state index in [0.29, 0.717) is 41.5 Å². The summed E-state index contributed by atoms with van der Waals surface area (Å²) in [5, 5.41) is 24.0. The summed E-state index contributed by atoms with van der Waals surface area (Å²) in [7, 11) is 4.51. The topological polar surface area (TPSA) is 138 Å². The maximum atomic E-state index is 12.3. The van der Waals surface area contributed by atoms with Gasteiger partial charge >= 0.3 is 12.1 Å². The van der Waals surface area contributed by atoms with Gasteiger partial charge < -0.3 is 24.1 Å². The van der Waals surface area contributed by atoms with E-state index in [1.807, 2.05) is 60.7 Å². The molecule has 1 aliphatic carbocycles. The monoisotopic (exact) mass is 661 g/mol. The zero-order chi connectivity index (χ0) is 33.1. The molecule has 2 heterocycles. The number of piperidine rings is 1. The molecule has 4 aromatic rings. The Balaban J connectivity index is 1.26. The highest BCUT2D eigenvalue weighted by molar-refractivity contribution is 6.33. The third-order valence-corrected chi connectivity index (χ3v) is 9.45. The molecule has 0 spiro atoms. The van der Waals surface area contributed by atoms with E-state index in [4.69, 9.17) is 35.6 Å². The third kappa shape index (κ3) is 6.69. The molecule has 1 aliphatic heterocycles. The second-order valence-corrected chi connectivity index (χ2v) is 12.2. The fourth-order valence-electron chi connectivity index (χ4n) is 6.73. The number of fused-ring (bicyclic) bond motifs is 1. The Morgan fingerprint density at radius 1 is 0.894 bits per heavy atom. The smallest absolute Gasteiger partial charge is 0.410 e. The minimum Gasteiger partial charge on any atom is -0.497 e. The lowest BCUT2D eigenvalue weighted by Crippen LogP contribution is -2.55. The third-order valence-electron chi connectivity index (χ3n) is 9.13. The number of carboxylic acid groups (broad SMARTS) is 1. The number of carbonyl (C=O) groups is 2. The number of amides is 1. The van der Waals surface area contributed by atoms with Gasteiger partial charge in [-0.1, -0.05) is 41.9 Å². The Labute approximate surface area is 277 Å². The van der Waals surface area contributed by atoms with Crippen LogP contribution in [0.3, 0.4) is 0 Å². The number of benzene rings is 3. The maximum absolute atomic E-state index is 12.3. The molecule has 0 radical (unpaired) electrons. The standard InChI is InChI=1S/C34H36ClN5O7/c1-44-24-12-7-20(8-13-24)31(21-9-14-25(45-2)15-10-21)40-37-32(36-38-40)30-27(35)5-4-6-29(30)47-26-16-11-22-19-39(34(43)46-3)28(33(41)42)18-23(22)17-26/h4-10,12-15,22-23,26,28,31H,11,16-19H2,1-3H3,(H,41,42)/t22-,23+,26-,28-/m0/s1. The largest absolute Gasteiger partial charge is 0.497 e. The Morgan fingerprint density at radius 3 is 2.15 bits per heavy atom. The van der Waals surface area contributed by atoms with Crippen LogP contribution in [0.15, 0.2) is 66.7 Å². The van der Waals surface area contributed by atoms with Gasteiger partial charge in [0.25, 0.3) is 0 Å². The van der Waals surface area contributed by atoms with Crippen molar-refractivity contribution in [3.05, 3.63) is 82.9 Å². The molecule has 2 fully saturated rings. The Morgan fingerprint density at radius 2 is 1.55 bits per heavy atom. The first-order valence-electron chi connectivity index (χ1n) is 15.4. The molecule has 4 atom stereocenters. The predicted molar refractivity (Wildman–Crippen MR) is 172 cm³/mol. The van der Waals surface area contributed by atoms with Crippen molar-refractivity contribution in [2.75, 3.05) is 27.9 Å². The van der Waals surface area contributed by atoms with E-state index in [9.17, 15) is 14.7 Å². The number of ether oxygens (including phenoxy) is 4. The first-order valence-corrected chi connectivity index (χ1v) is 15.8. The average Bonchev–Trinajstić information content (AvgIpc) is 3.57. The number of likely N-dealkylation sites (tertiary alicyclic amines) is 1. The summed E-state index contributed by atoms with van der Waals surface area (Å²) < 4.78 is 22.2. The van der Waals surface area contributed by atoms with E-state index in [0.717, 1.165) is 35.5 Å². The van der Waals surface area contributed by atoms with Gasteiger partial charge in [-0.05, 0) is 90.3 Å². The Bertz CT molecular complexity index is 1670. The van der Waals surface area contributed by atoms with Crippen molar-refractivity contribution < 1.29 is 33.6 Å². The molecule has 0 bridgehead atoms. The normalized spacial score (nSPS) is 20.7. The molecule has 2 aliphatic rings. The zero-order valence-electron chi connectivity index (χ0n) is 26.3. The SMILES string of the molecule is COC(=O)N1C[C@@H]2CC[C@H](Oc3cccc(Cl)c3-c3nnn(C(c4ccc(OC)cc4)c4ccc(OC)cc4)n3)C[C@@H]2C[C@H]1C(=O)O. The van der Waals surface area contributed by atoms with Crippen molar-refractivity contribution in [1.29, 1.82) is 0 Å². The molecule has 1 saturated heterocycles. The van der Waals surface area contributed by atoms with E-state index >= 15 is 0 Å². The predicted octanol–water partition coefficient (Wildman–Crippen LogP) is 5.74. The molecule has 47 heavy (non-hydrogen) atoms. The van der Waals surface area contributed by atoms with Gasteiger partial charge in [-0.15, -0.1) is 10.2 Å². The molecule has 12 nitrogen and oxygen atoms in total. The number of rotatable bonds is 9. The van der Waals surface area contributed by atoms with E-state index in [1.165, 1.54) is 12.0 Å². The number of aliphatic carboxylic acids is 1. The minimum atomic E-state index is -1.04. The molecule has 3 aromatic carbocycles. The van der Waals surface area contributed by atoms with Crippen LogP contribution in [-0.2, 0) is 9.53 Å². The number of halogens is 1. The first-order chi connectivity index (χ1) is 22.8. The van der Waals surface area contributed by atoms with Gasteiger partial charge in [0.1, 0.15) is 29.3 Å². The number of hydrogen-bond donors (Lipinski definition) is 1. The van der Waals surface area contributed by atoms with E-state index < -0.39 is 24.1 Å². The first kappa shape index (κ1) is 32.1. The molecule has 13 heteroatoms. The van der Waals surface area contributed by atoms with Crippen LogP contribution in [0.25, 0.3) is 11.4 Å². The number of aromatic nitrogens is 4. The van der Waals surface area contributed by atoms with Crippen LogP contribution >= 0.6 is 11.6 Å². The molecular weight excluding hydrogens is 626 g/mol. The molecule has 1 amide bonds. The van der Waals surface area contributed by atoms with Crippen molar-refractivity contribution in [1.82, 2.24) is 25.1 Å². The van der Waals surface area contributed by atoms with E-state index in [2.05, 4.69) is 10.3 Å². The lowest BCUT2D eigenvalue weighted by atomic mass is 9.72. The molecule has 246 valence electrons. The van der Waals surface area contributed by atoms with Crippen LogP contribution in [-0.4, -0.2) is 82.3 Å². The summed E-state index contributed by atoms with van der Waals surface area (Å²) in [6.07, 6.45) is 1.70. The van der Waals surface area contributed by atoms with Gasteiger partial charge in [0.05, 0.1) is 38.0 Å². The average molecular weight is 662 g/mol. The maximum Gasteiger partial charge on any atom is 0.410 e. The molecule has 1 aromatic heterocycles. The molecular formula is C34H36ClN5O7. The van der Waals surface area contributed by atoms with Crippen molar-refractivity contribution in [2.24, 2.45) is 11.8 Å². The summed E-state index contributed by atoms with van der Waals surface area (Å²) in [5.41, 5.74) is 2.37. The van der Waals surface area contributed by atoms with Crippen LogP contribution in [0, 0.1) is 11.8 Å². The van der Waals surface area contributed by atoms with Gasteiger partial charge in [0.2, 0.25) is 5.82 Å². The van der Waals surface area contributed by atoms with E-state index in [1.54, 1.807) is 25.1 Å². The number of tetrazole rings is 1. The van der Waals surface area contributed by atoms with Gasteiger partial charge in [0.15, 0.2) is 0 Å². The quantitative estimate of drug-likeness (QED) is 0.236. The van der Waals surface area contributed by atoms with Crippen molar-refractivity contribution in [3.8, 4) is 28.6 Å². The number of hydrogen-bond acceptors (Lipinski definition) is 9. The Kier molecular flexibility index (Phi) is 9.48. The highest BCUT2D eigenvalue weighted by Gasteiger charge is 2.44. The number of carbonyl (C=O) groups excluding carboxylic acids is 1. The molecule has 1 N–H and O–H groups in total. The second kappa shape index (κ2) is 13.9. The summed E-state index contributed by atoms with van der Waals surface area (Å²) >= 11 is 6.76. The molecule has 0 unspecified atom stereocenters. The summed E-state index contributed by atoms with van der Waals surface area (Å²) in [6, 6.07) is 19.4. The minimum absolute atomic E-state index is 0.0761. The number of nitrogens with zero attached hydrogens (tertiary/aromatic N) is 5. The second-order valence-electron chi connectivity index (χ2n) is 11.8. The van der Waals surface area contributed by atoms with Crippen molar-refractivity contribution in [3.63, 3.8) is 0 Å². The summed E-state index contributed by atoms with van der Waals surface area (Å²) in [5.74, 6) is 1.50. The summed E-state index contributed by atoms with van der Waals surface area (Å²) in [6.45, 7) is 0.347. The Hall–Kier alpha value is -4.84. The van der Waals surface area contributed by atoms with Crippen LogP contribution in [0.2, 0.25) is 5.02 Å². The fraction of sp³-hybridized carbons (Fsp3) is 0.382. The fourth-order valence-corrected chi connectivity index (χ4v) is 6.98. The van der Waals surface area contributed by atoms with Gasteiger partial charge in [-0.25, -0.2) is 9.59 Å². The summed E-state index contributed by atoms with van der Waals surface area (Å²) in [4.78, 5) is 27.2. The van der Waals surface area contributed by atoms with Crippen LogP contribution in [0.5, 0.6) is 17.2 Å². The van der Waals surface area contributed by atoms with Crippen LogP contribution in [0.1, 0.15) is 42.9 Å². The lowest BCUT2D eigenvalue weighted by Gasteiger charge is -2.45. The number of carboxylic acids is 1.